The van der Waals surface area contributed by atoms with Crippen molar-refractivity contribution in [3.05, 3.63) is 34.1 Å². The number of aliphatic hydroxyl groups is 1. The van der Waals surface area contributed by atoms with Crippen LogP contribution >= 0.6 is 15.9 Å². The lowest BCUT2D eigenvalue weighted by Crippen LogP contribution is -2.09. The third kappa shape index (κ3) is 3.40. The Labute approximate surface area is 119 Å². The van der Waals surface area contributed by atoms with Crippen LogP contribution < -0.4 is 0 Å². The van der Waals surface area contributed by atoms with E-state index >= 15 is 0 Å². The number of hydrogen-bond donors (Lipinski definition) is 1. The van der Waals surface area contributed by atoms with Gasteiger partial charge in [0.2, 0.25) is 11.7 Å². The third-order valence-corrected chi connectivity index (χ3v) is 3.13. The Kier molecular flexibility index (Phi) is 4.30. The number of rotatable bonds is 4. The summed E-state index contributed by atoms with van der Waals surface area (Å²) in [5, 5.41) is 21.9. The van der Waals surface area contributed by atoms with Crippen LogP contribution in [0.4, 0.5) is 0 Å². The van der Waals surface area contributed by atoms with E-state index in [2.05, 4.69) is 26.1 Å². The van der Waals surface area contributed by atoms with Crippen molar-refractivity contribution in [3.8, 4) is 17.5 Å². The molecule has 19 heavy (non-hydrogen) atoms. The Hall–Kier alpha value is -1.71. The van der Waals surface area contributed by atoms with E-state index in [1.54, 1.807) is 0 Å². The molecule has 0 spiro atoms. The van der Waals surface area contributed by atoms with Gasteiger partial charge in [-0.05, 0) is 30.7 Å². The lowest BCUT2D eigenvalue weighted by atomic mass is 10.1. The van der Waals surface area contributed by atoms with Crippen LogP contribution in [0.3, 0.4) is 0 Å². The lowest BCUT2D eigenvalue weighted by Gasteiger charge is -2.01. The highest BCUT2D eigenvalue weighted by atomic mass is 79.9. The molecule has 0 aliphatic carbocycles. The molecular weight excluding hydrogens is 310 g/mol. The fourth-order valence-corrected chi connectivity index (χ4v) is 2.18. The van der Waals surface area contributed by atoms with Crippen molar-refractivity contribution in [2.24, 2.45) is 0 Å². The number of halogens is 1. The van der Waals surface area contributed by atoms with Crippen LogP contribution in [-0.4, -0.2) is 21.4 Å². The lowest BCUT2D eigenvalue weighted by molar-refractivity contribution is 0.167. The van der Waals surface area contributed by atoms with E-state index < -0.39 is 6.10 Å². The second-order valence-corrected chi connectivity index (χ2v) is 5.11. The van der Waals surface area contributed by atoms with E-state index in [4.69, 9.17) is 9.78 Å². The van der Waals surface area contributed by atoms with Crippen molar-refractivity contribution in [1.29, 1.82) is 5.26 Å². The second kappa shape index (κ2) is 5.95. The number of aromatic nitrogens is 2. The van der Waals surface area contributed by atoms with E-state index in [-0.39, 0.29) is 12.8 Å². The molecule has 0 radical (unpaired) electrons. The smallest absolute Gasteiger partial charge is 0.229 e. The van der Waals surface area contributed by atoms with Crippen molar-refractivity contribution < 1.29 is 9.63 Å². The van der Waals surface area contributed by atoms with Crippen molar-refractivity contribution in [1.82, 2.24) is 10.1 Å². The molecular formula is C13H12BrN3O2. The number of aryl methyl sites for hydroxylation is 1. The summed E-state index contributed by atoms with van der Waals surface area (Å²) in [6.45, 7) is 1.96. The minimum Gasteiger partial charge on any atom is -0.392 e. The van der Waals surface area contributed by atoms with E-state index in [0.717, 1.165) is 15.6 Å². The molecule has 1 aromatic heterocycles. The van der Waals surface area contributed by atoms with Crippen molar-refractivity contribution >= 4 is 15.9 Å². The van der Waals surface area contributed by atoms with Gasteiger partial charge in [0.1, 0.15) is 0 Å². The molecule has 98 valence electrons. The first-order chi connectivity index (χ1) is 9.10. The molecule has 2 aromatic rings. The summed E-state index contributed by atoms with van der Waals surface area (Å²) >= 11 is 3.40. The van der Waals surface area contributed by atoms with E-state index in [1.165, 1.54) is 0 Å². The number of hydrogen-bond acceptors (Lipinski definition) is 5. The van der Waals surface area contributed by atoms with E-state index in [9.17, 15) is 5.11 Å². The molecule has 0 saturated heterocycles. The molecule has 0 fully saturated rings. The predicted octanol–water partition coefficient (Wildman–Crippen LogP) is 2.62. The minimum atomic E-state index is -0.774. The first-order valence-electron chi connectivity index (χ1n) is 5.74. The highest BCUT2D eigenvalue weighted by molar-refractivity contribution is 9.10. The molecule has 1 unspecified atom stereocenters. The zero-order valence-corrected chi connectivity index (χ0v) is 11.9. The van der Waals surface area contributed by atoms with Gasteiger partial charge in [0.25, 0.3) is 0 Å². The zero-order chi connectivity index (χ0) is 13.8. The van der Waals surface area contributed by atoms with Gasteiger partial charge in [0, 0.05) is 10.0 Å². The molecule has 5 nitrogen and oxygen atoms in total. The highest BCUT2D eigenvalue weighted by Gasteiger charge is 2.14. The maximum Gasteiger partial charge on any atom is 0.229 e. The van der Waals surface area contributed by atoms with Gasteiger partial charge in [0.05, 0.1) is 25.0 Å². The molecule has 6 heteroatoms. The second-order valence-electron chi connectivity index (χ2n) is 4.19. The van der Waals surface area contributed by atoms with Gasteiger partial charge in [-0.25, -0.2) is 0 Å². The van der Waals surface area contributed by atoms with Crippen LogP contribution in [0.1, 0.15) is 17.9 Å². The molecule has 1 heterocycles. The average molecular weight is 322 g/mol. The van der Waals surface area contributed by atoms with Gasteiger partial charge >= 0.3 is 0 Å². The normalized spacial score (nSPS) is 12.1. The topological polar surface area (TPSA) is 82.9 Å². The number of aliphatic hydroxyl groups excluding tert-OH is 1. The summed E-state index contributed by atoms with van der Waals surface area (Å²) in [5.74, 6) is 0.823. The molecule has 1 atom stereocenters. The van der Waals surface area contributed by atoms with Crippen LogP contribution in [0.5, 0.6) is 0 Å². The van der Waals surface area contributed by atoms with Crippen molar-refractivity contribution in [2.45, 2.75) is 25.9 Å². The minimum absolute atomic E-state index is 0.0506. The van der Waals surface area contributed by atoms with Gasteiger partial charge in [-0.3, -0.25) is 0 Å². The monoisotopic (exact) mass is 321 g/mol. The average Bonchev–Trinajstić information content (AvgIpc) is 2.77. The maximum atomic E-state index is 9.52. The van der Waals surface area contributed by atoms with Crippen LogP contribution in [0, 0.1) is 18.3 Å². The predicted molar refractivity (Wildman–Crippen MR) is 72.1 cm³/mol. The number of nitriles is 1. The third-order valence-electron chi connectivity index (χ3n) is 2.63. The largest absolute Gasteiger partial charge is 0.392 e. The molecule has 0 saturated carbocycles. The summed E-state index contributed by atoms with van der Waals surface area (Å²) < 4.78 is 6.07. The van der Waals surface area contributed by atoms with Crippen molar-refractivity contribution in [2.75, 3.05) is 0 Å². The molecule has 1 aromatic carbocycles. The quantitative estimate of drug-likeness (QED) is 0.935. The van der Waals surface area contributed by atoms with Crippen LogP contribution in [0.2, 0.25) is 0 Å². The molecule has 2 rings (SSSR count). The molecule has 0 amide bonds. The molecule has 0 aliphatic rings. The standard InChI is InChI=1S/C13H12BrN3O2/c1-8-6-9(14)2-3-11(8)13-16-12(19-17-13)7-10(18)4-5-15/h2-3,6,10,18H,4,7H2,1H3. The van der Waals surface area contributed by atoms with Crippen LogP contribution in [-0.2, 0) is 6.42 Å². The number of nitrogens with zero attached hydrogens (tertiary/aromatic N) is 3. The fourth-order valence-electron chi connectivity index (χ4n) is 1.70. The molecule has 1 N–H and O–H groups in total. The van der Waals surface area contributed by atoms with Gasteiger partial charge < -0.3 is 9.63 Å². The number of benzene rings is 1. The summed E-state index contributed by atoms with van der Waals surface area (Å²) in [7, 11) is 0. The van der Waals surface area contributed by atoms with Gasteiger partial charge in [-0.2, -0.15) is 10.2 Å². The van der Waals surface area contributed by atoms with Crippen LogP contribution in [0.15, 0.2) is 27.2 Å². The van der Waals surface area contributed by atoms with Gasteiger partial charge in [-0.1, -0.05) is 21.1 Å². The summed E-state index contributed by atoms with van der Waals surface area (Å²) in [6.07, 6.45) is -0.533. The Morgan fingerprint density at radius 1 is 1.53 bits per heavy atom. The Morgan fingerprint density at radius 3 is 3.00 bits per heavy atom. The first-order valence-corrected chi connectivity index (χ1v) is 6.53. The fraction of sp³-hybridized carbons (Fsp3) is 0.308. The van der Waals surface area contributed by atoms with E-state index in [0.29, 0.717) is 11.7 Å². The molecule has 0 bridgehead atoms. The zero-order valence-electron chi connectivity index (χ0n) is 10.3. The van der Waals surface area contributed by atoms with Gasteiger partial charge in [0.15, 0.2) is 0 Å². The Bertz CT molecular complexity index is 619. The molecule has 0 aliphatic heterocycles. The van der Waals surface area contributed by atoms with Crippen LogP contribution in [0.25, 0.3) is 11.4 Å². The Balaban J connectivity index is 2.19. The van der Waals surface area contributed by atoms with Crippen molar-refractivity contribution in [3.63, 3.8) is 0 Å². The first kappa shape index (κ1) is 13.7. The maximum absolute atomic E-state index is 9.52. The summed E-state index contributed by atoms with van der Waals surface area (Å²) in [6, 6.07) is 7.67. The summed E-state index contributed by atoms with van der Waals surface area (Å²) in [4.78, 5) is 4.23. The Morgan fingerprint density at radius 2 is 2.32 bits per heavy atom. The SMILES string of the molecule is Cc1cc(Br)ccc1-c1noc(CC(O)CC#N)n1. The van der Waals surface area contributed by atoms with E-state index in [1.807, 2.05) is 31.2 Å². The van der Waals surface area contributed by atoms with Gasteiger partial charge in [-0.15, -0.1) is 0 Å². The highest BCUT2D eigenvalue weighted by Crippen LogP contribution is 2.24. The summed E-state index contributed by atoms with van der Waals surface area (Å²) in [5.41, 5.74) is 1.91.